The zero-order chi connectivity index (χ0) is 27.3. The van der Waals surface area contributed by atoms with Crippen molar-refractivity contribution in [2.45, 2.75) is 103 Å². The van der Waals surface area contributed by atoms with Crippen molar-refractivity contribution in [2.24, 2.45) is 0 Å². The second-order valence-corrected chi connectivity index (χ2v) is 15.6. The lowest BCUT2D eigenvalue weighted by molar-refractivity contribution is -0.0526. The average molecular weight is 503 g/mol. The summed E-state index contributed by atoms with van der Waals surface area (Å²) in [5.74, 6) is 12.6. The summed E-state index contributed by atoms with van der Waals surface area (Å²) in [4.78, 5) is 11.8. The van der Waals surface area contributed by atoms with Crippen LogP contribution < -0.4 is 0 Å². The van der Waals surface area contributed by atoms with E-state index in [1.54, 1.807) is 69.2 Å². The molecule has 186 valence electrons. The predicted octanol–water partition coefficient (Wildman–Crippen LogP) is 3.54. The third-order valence-corrected chi connectivity index (χ3v) is 11.9. The predicted molar refractivity (Wildman–Crippen MR) is 139 cm³/mol. The minimum atomic E-state index is -4.34. The van der Waals surface area contributed by atoms with Crippen molar-refractivity contribution in [3.63, 3.8) is 0 Å². The van der Waals surface area contributed by atoms with Gasteiger partial charge in [0.15, 0.2) is 0 Å². The smallest absolute Gasteiger partial charge is 0.390 e. The summed E-state index contributed by atoms with van der Waals surface area (Å²) < 4.78 is 30.9. The molecule has 0 saturated heterocycles. The molecule has 0 rings (SSSR count). The van der Waals surface area contributed by atoms with Crippen molar-refractivity contribution < 1.29 is 26.9 Å². The maximum Gasteiger partial charge on any atom is 0.508 e. The molecule has 0 aromatic rings. The second kappa shape index (κ2) is 10.7. The van der Waals surface area contributed by atoms with Gasteiger partial charge in [-0.05, 0) is 69.2 Å². The minimum absolute atomic E-state index is 0.377. The first-order valence-corrected chi connectivity index (χ1v) is 14.6. The van der Waals surface area contributed by atoms with Crippen LogP contribution in [0.1, 0.15) is 69.2 Å². The van der Waals surface area contributed by atoms with Crippen LogP contribution in [0.3, 0.4) is 0 Å². The number of hydrogen-bond acceptors (Lipinski definition) is 6. The fourth-order valence-corrected chi connectivity index (χ4v) is 10.7. The third kappa shape index (κ3) is 10.5. The van der Waals surface area contributed by atoms with Crippen LogP contribution in [0.25, 0.3) is 0 Å². The molecule has 0 fully saturated rings. The second-order valence-electron chi connectivity index (χ2n) is 10.4. The first-order chi connectivity index (χ1) is 15.0. The van der Waals surface area contributed by atoms with Crippen LogP contribution in [0, 0.1) is 61.7 Å². The summed E-state index contributed by atoms with van der Waals surface area (Å²) in [5, 5.41) is 0. The highest BCUT2D eigenvalue weighted by molar-refractivity contribution is 6.79. The van der Waals surface area contributed by atoms with Crippen LogP contribution in [0.2, 0.25) is 5.67 Å². The summed E-state index contributed by atoms with van der Waals surface area (Å²) in [6.45, 7) is 16.3. The molecule has 0 amide bonds. The largest absolute Gasteiger partial charge is 0.508 e. The molecule has 0 saturated carbocycles. The van der Waals surface area contributed by atoms with E-state index in [4.69, 9.17) is 54.2 Å². The number of terminal acetylenes is 5. The van der Waals surface area contributed by atoms with E-state index in [1.165, 1.54) is 0 Å². The molecule has 6 nitrogen and oxygen atoms in total. The Balaban J connectivity index is 7.10. The average Bonchev–Trinajstić information content (AvgIpc) is 2.65. The number of rotatable bonds is 12. The van der Waals surface area contributed by atoms with E-state index in [1.807, 2.05) is 0 Å². The van der Waals surface area contributed by atoms with Gasteiger partial charge in [0.2, 0.25) is 0 Å². The summed E-state index contributed by atoms with van der Waals surface area (Å²) in [5.41, 5.74) is -6.41. The van der Waals surface area contributed by atoms with Gasteiger partial charge in [0, 0.05) is 0 Å². The van der Waals surface area contributed by atoms with E-state index in [9.17, 15) is 4.80 Å². The summed E-state index contributed by atoms with van der Waals surface area (Å²) >= 11 is 0. The van der Waals surface area contributed by atoms with Gasteiger partial charge < -0.3 is 26.9 Å². The van der Waals surface area contributed by atoms with E-state index in [0.29, 0.717) is 0 Å². The van der Waals surface area contributed by atoms with Crippen molar-refractivity contribution in [1.82, 2.24) is 0 Å². The van der Waals surface area contributed by atoms with Gasteiger partial charge in [0.1, 0.15) is 28.0 Å². The molecule has 0 unspecified atom stereocenters. The molecule has 34 heavy (non-hydrogen) atoms. The van der Waals surface area contributed by atoms with Crippen LogP contribution in [-0.2, 0) is 22.1 Å². The minimum Gasteiger partial charge on any atom is -0.390 e. The zero-order valence-corrected chi connectivity index (χ0v) is 24.1. The van der Waals surface area contributed by atoms with Gasteiger partial charge in [-0.3, -0.25) is 0 Å². The number of hydrogen-bond donors (Lipinski definition) is 1. The van der Waals surface area contributed by atoms with E-state index in [-0.39, 0.29) is 5.67 Å². The maximum atomic E-state index is 11.8. The fourth-order valence-electron chi connectivity index (χ4n) is 2.65. The first kappa shape index (κ1) is 32.0. The molecular formula is C26H38O6Si2. The molecule has 0 heterocycles. The van der Waals surface area contributed by atoms with Crippen molar-refractivity contribution in [2.75, 3.05) is 0 Å². The molecule has 0 bridgehead atoms. The molecule has 0 aliphatic heterocycles. The molecule has 8 heteroatoms. The quantitative estimate of drug-likeness (QED) is 0.325. The van der Waals surface area contributed by atoms with Gasteiger partial charge in [0.05, 0.1) is 5.67 Å². The Bertz CT molecular complexity index is 845. The Morgan fingerprint density at radius 2 is 0.706 bits per heavy atom. The highest BCUT2D eigenvalue weighted by atomic mass is 28.5. The van der Waals surface area contributed by atoms with Crippen LogP contribution in [0.5, 0.6) is 0 Å². The van der Waals surface area contributed by atoms with Crippen LogP contribution in [0.15, 0.2) is 0 Å². The topological polar surface area (TPSA) is 66.4 Å². The lowest BCUT2D eigenvalue weighted by Gasteiger charge is -2.44. The van der Waals surface area contributed by atoms with E-state index < -0.39 is 45.6 Å². The van der Waals surface area contributed by atoms with Crippen LogP contribution >= 0.6 is 0 Å². The van der Waals surface area contributed by atoms with Gasteiger partial charge in [-0.1, -0.05) is 29.6 Å². The van der Waals surface area contributed by atoms with E-state index >= 15 is 0 Å². The monoisotopic (exact) mass is 502 g/mol. The Morgan fingerprint density at radius 3 is 0.912 bits per heavy atom. The van der Waals surface area contributed by atoms with Gasteiger partial charge >= 0.3 is 17.6 Å². The lowest BCUT2D eigenvalue weighted by Crippen LogP contribution is -2.65. The van der Waals surface area contributed by atoms with Crippen molar-refractivity contribution >= 4 is 17.6 Å². The Kier molecular flexibility index (Phi) is 10.1. The third-order valence-electron chi connectivity index (χ3n) is 4.24. The Morgan fingerprint density at radius 1 is 0.500 bits per heavy atom. The highest BCUT2D eigenvalue weighted by Gasteiger charge is 2.62. The standard InChI is InChI=1S/C26H38O6Si2/c1-16-22(6,7)28-33(27,29-23(8,9)17-2)21-34(30-24(10,11)18-3,31-25(12,13)19-4)32-26(14,15)20-5/h1-5,27H,21H2,6-15H3. The lowest BCUT2D eigenvalue weighted by atomic mass is 10.2. The summed E-state index contributed by atoms with van der Waals surface area (Å²) in [7, 11) is -8.47. The molecule has 1 N–H and O–H groups in total. The van der Waals surface area contributed by atoms with Gasteiger partial charge in [0.25, 0.3) is 0 Å². The molecule has 0 radical (unpaired) electrons. The fraction of sp³-hybridized carbons (Fsp3) is 0.615. The summed E-state index contributed by atoms with van der Waals surface area (Å²) in [6.07, 6.45) is 28.4. The maximum absolute atomic E-state index is 11.8. The van der Waals surface area contributed by atoms with Crippen molar-refractivity contribution in [1.29, 1.82) is 0 Å². The summed E-state index contributed by atoms with van der Waals surface area (Å²) in [6, 6.07) is 0. The van der Waals surface area contributed by atoms with E-state index in [0.717, 1.165) is 0 Å². The van der Waals surface area contributed by atoms with Crippen LogP contribution in [-0.4, -0.2) is 50.4 Å². The van der Waals surface area contributed by atoms with Gasteiger partial charge in [-0.2, -0.15) is 0 Å². The molecule has 0 aromatic carbocycles. The van der Waals surface area contributed by atoms with Crippen LogP contribution in [0.4, 0.5) is 0 Å². The SMILES string of the molecule is C#CC(C)(C)O[Si](O)(C[Si](OC(C)(C)C#C)(OC(C)(C)C#C)OC(C)(C)C#C)OC(C)(C)C#C. The van der Waals surface area contributed by atoms with Crippen molar-refractivity contribution in [3.05, 3.63) is 0 Å². The van der Waals surface area contributed by atoms with E-state index in [2.05, 4.69) is 29.6 Å². The highest BCUT2D eigenvalue weighted by Crippen LogP contribution is 2.37. The zero-order valence-electron chi connectivity index (χ0n) is 22.1. The molecule has 0 spiro atoms. The van der Waals surface area contributed by atoms with Gasteiger partial charge in [-0.15, -0.1) is 32.1 Å². The Hall–Kier alpha value is -2.01. The molecule has 0 atom stereocenters. The molecule has 0 aliphatic carbocycles. The molecule has 0 aromatic heterocycles. The molecule has 0 aliphatic rings. The first-order valence-electron chi connectivity index (χ1n) is 10.7. The molecular weight excluding hydrogens is 464 g/mol. The Labute approximate surface area is 209 Å². The van der Waals surface area contributed by atoms with Gasteiger partial charge in [-0.25, -0.2) is 0 Å². The van der Waals surface area contributed by atoms with Crippen molar-refractivity contribution in [3.8, 4) is 61.7 Å². The normalized spacial score (nSPS) is 13.7.